The number of aromatic nitrogens is 3. The van der Waals surface area contributed by atoms with Crippen LogP contribution in [0.15, 0.2) is 49.1 Å². The Labute approximate surface area is 147 Å². The lowest BCUT2D eigenvalue weighted by molar-refractivity contribution is 0.201. The molecule has 0 unspecified atom stereocenters. The molecule has 0 radical (unpaired) electrons. The van der Waals surface area contributed by atoms with Crippen molar-refractivity contribution >= 4 is 22.5 Å². The molecule has 1 aromatic carbocycles. The fourth-order valence-electron chi connectivity index (χ4n) is 2.86. The third kappa shape index (κ3) is 4.15. The zero-order chi connectivity index (χ0) is 17.8. The number of aryl methyl sites for hydroxylation is 1. The molecule has 0 saturated carbocycles. The van der Waals surface area contributed by atoms with Crippen LogP contribution in [0.5, 0.6) is 0 Å². The topological polar surface area (TPSA) is 63.1 Å². The minimum absolute atomic E-state index is 0.109. The standard InChI is InChI=1S/C19H23N5O/c1-14(2)11-24(13-15-9-21-23(3)12-15)19(25)22-18-6-4-5-16-10-20-8-7-17(16)18/h4-10,12,14H,11,13H2,1-3H3,(H,22,25). The molecule has 6 nitrogen and oxygen atoms in total. The number of urea groups is 1. The smallest absolute Gasteiger partial charge is 0.320 e. The van der Waals surface area contributed by atoms with E-state index in [1.807, 2.05) is 42.4 Å². The molecular weight excluding hydrogens is 314 g/mol. The maximum atomic E-state index is 12.9. The van der Waals surface area contributed by atoms with Gasteiger partial charge >= 0.3 is 6.03 Å². The molecule has 2 amide bonds. The Bertz CT molecular complexity index is 866. The molecule has 130 valence electrons. The summed E-state index contributed by atoms with van der Waals surface area (Å²) in [4.78, 5) is 18.8. The number of anilines is 1. The van der Waals surface area contributed by atoms with Gasteiger partial charge in [0.25, 0.3) is 0 Å². The minimum Gasteiger partial charge on any atom is -0.320 e. The van der Waals surface area contributed by atoms with Crippen molar-refractivity contribution in [3.63, 3.8) is 0 Å². The van der Waals surface area contributed by atoms with Gasteiger partial charge in [-0.15, -0.1) is 0 Å². The Morgan fingerprint density at radius 2 is 2.12 bits per heavy atom. The fraction of sp³-hybridized carbons (Fsp3) is 0.316. The van der Waals surface area contributed by atoms with Crippen LogP contribution in [0.2, 0.25) is 0 Å². The van der Waals surface area contributed by atoms with Crippen molar-refractivity contribution in [3.8, 4) is 0 Å². The lowest BCUT2D eigenvalue weighted by Gasteiger charge is -2.24. The van der Waals surface area contributed by atoms with Gasteiger partial charge in [-0.05, 0) is 18.1 Å². The molecule has 3 aromatic rings. The Morgan fingerprint density at radius 1 is 1.28 bits per heavy atom. The van der Waals surface area contributed by atoms with Crippen molar-refractivity contribution in [2.45, 2.75) is 20.4 Å². The van der Waals surface area contributed by atoms with Crippen molar-refractivity contribution in [2.75, 3.05) is 11.9 Å². The monoisotopic (exact) mass is 337 g/mol. The maximum absolute atomic E-state index is 12.9. The maximum Gasteiger partial charge on any atom is 0.322 e. The molecule has 2 heterocycles. The predicted molar refractivity (Wildman–Crippen MR) is 99.2 cm³/mol. The average Bonchev–Trinajstić information content (AvgIpc) is 2.99. The Hall–Kier alpha value is -2.89. The van der Waals surface area contributed by atoms with Crippen LogP contribution in [0.3, 0.4) is 0 Å². The summed E-state index contributed by atoms with van der Waals surface area (Å²) < 4.78 is 1.75. The van der Waals surface area contributed by atoms with E-state index < -0.39 is 0 Å². The first-order chi connectivity index (χ1) is 12.0. The summed E-state index contributed by atoms with van der Waals surface area (Å²) in [6, 6.07) is 7.63. The first-order valence-electron chi connectivity index (χ1n) is 8.39. The number of benzene rings is 1. The van der Waals surface area contributed by atoms with E-state index in [0.29, 0.717) is 19.0 Å². The van der Waals surface area contributed by atoms with Crippen LogP contribution < -0.4 is 5.32 Å². The number of fused-ring (bicyclic) bond motifs is 1. The second-order valence-corrected chi connectivity index (χ2v) is 6.63. The van der Waals surface area contributed by atoms with Crippen LogP contribution in [0.1, 0.15) is 19.4 Å². The summed E-state index contributed by atoms with van der Waals surface area (Å²) in [5, 5.41) is 9.22. The molecule has 0 saturated heterocycles. The molecule has 0 aliphatic rings. The molecule has 0 aliphatic heterocycles. The van der Waals surface area contributed by atoms with Gasteiger partial charge in [-0.2, -0.15) is 5.10 Å². The highest BCUT2D eigenvalue weighted by Gasteiger charge is 2.17. The molecular formula is C19H23N5O. The second-order valence-electron chi connectivity index (χ2n) is 6.63. The van der Waals surface area contributed by atoms with Crippen LogP contribution in [0.25, 0.3) is 10.8 Å². The number of carbonyl (C=O) groups excluding carboxylic acids is 1. The van der Waals surface area contributed by atoms with Gasteiger partial charge in [0.15, 0.2) is 0 Å². The summed E-state index contributed by atoms with van der Waals surface area (Å²) >= 11 is 0. The third-order valence-electron chi connectivity index (χ3n) is 3.93. The molecule has 0 fully saturated rings. The van der Waals surface area contributed by atoms with Gasteiger partial charge in [-0.25, -0.2) is 4.79 Å². The molecule has 0 bridgehead atoms. The van der Waals surface area contributed by atoms with Gasteiger partial charge in [0.05, 0.1) is 18.4 Å². The molecule has 0 aliphatic carbocycles. The number of pyridine rings is 1. The van der Waals surface area contributed by atoms with E-state index in [1.54, 1.807) is 23.3 Å². The summed E-state index contributed by atoms with van der Waals surface area (Å²) in [5.41, 5.74) is 1.81. The summed E-state index contributed by atoms with van der Waals surface area (Å²) in [5.74, 6) is 0.374. The van der Waals surface area contributed by atoms with Crippen LogP contribution in [-0.2, 0) is 13.6 Å². The highest BCUT2D eigenvalue weighted by Crippen LogP contribution is 2.23. The highest BCUT2D eigenvalue weighted by atomic mass is 16.2. The van der Waals surface area contributed by atoms with Crippen LogP contribution >= 0.6 is 0 Å². The number of amides is 2. The zero-order valence-electron chi connectivity index (χ0n) is 14.8. The minimum atomic E-state index is -0.109. The van der Waals surface area contributed by atoms with E-state index in [2.05, 4.69) is 29.2 Å². The number of hydrogen-bond acceptors (Lipinski definition) is 3. The van der Waals surface area contributed by atoms with Crippen molar-refractivity contribution < 1.29 is 4.79 Å². The van der Waals surface area contributed by atoms with E-state index in [0.717, 1.165) is 22.0 Å². The molecule has 0 spiro atoms. The van der Waals surface area contributed by atoms with E-state index >= 15 is 0 Å². The average molecular weight is 337 g/mol. The molecule has 6 heteroatoms. The lowest BCUT2D eigenvalue weighted by Crippen LogP contribution is -2.37. The van der Waals surface area contributed by atoms with E-state index in [4.69, 9.17) is 0 Å². The van der Waals surface area contributed by atoms with Crippen LogP contribution in [0.4, 0.5) is 10.5 Å². The van der Waals surface area contributed by atoms with E-state index in [-0.39, 0.29) is 6.03 Å². The Balaban J connectivity index is 1.81. The lowest BCUT2D eigenvalue weighted by atomic mass is 10.1. The van der Waals surface area contributed by atoms with Crippen LogP contribution in [-0.4, -0.2) is 32.2 Å². The second kappa shape index (κ2) is 7.34. The van der Waals surface area contributed by atoms with Gasteiger partial charge in [0, 0.05) is 48.5 Å². The number of nitrogens with one attached hydrogen (secondary N) is 1. The van der Waals surface area contributed by atoms with Crippen molar-refractivity contribution in [2.24, 2.45) is 13.0 Å². The molecule has 1 N–H and O–H groups in total. The Morgan fingerprint density at radius 3 is 2.84 bits per heavy atom. The first-order valence-corrected chi connectivity index (χ1v) is 8.39. The van der Waals surface area contributed by atoms with Gasteiger partial charge in [-0.1, -0.05) is 26.0 Å². The van der Waals surface area contributed by atoms with Gasteiger partial charge in [0.2, 0.25) is 0 Å². The molecule has 3 rings (SSSR count). The predicted octanol–water partition coefficient (Wildman–Crippen LogP) is 3.66. The quantitative estimate of drug-likeness (QED) is 0.773. The number of carbonyl (C=O) groups is 1. The summed E-state index contributed by atoms with van der Waals surface area (Å²) in [6.07, 6.45) is 7.26. The van der Waals surface area contributed by atoms with Crippen molar-refractivity contribution in [1.82, 2.24) is 19.7 Å². The fourth-order valence-corrected chi connectivity index (χ4v) is 2.86. The van der Waals surface area contributed by atoms with Gasteiger partial charge in [0.1, 0.15) is 0 Å². The number of rotatable bonds is 5. The molecule has 25 heavy (non-hydrogen) atoms. The van der Waals surface area contributed by atoms with Crippen molar-refractivity contribution in [1.29, 1.82) is 0 Å². The van der Waals surface area contributed by atoms with E-state index in [9.17, 15) is 4.79 Å². The third-order valence-corrected chi connectivity index (χ3v) is 3.93. The zero-order valence-corrected chi connectivity index (χ0v) is 14.8. The summed E-state index contributed by atoms with van der Waals surface area (Å²) in [7, 11) is 1.88. The Kier molecular flexibility index (Phi) is 4.97. The number of nitrogens with zero attached hydrogens (tertiary/aromatic N) is 4. The first kappa shape index (κ1) is 17.0. The van der Waals surface area contributed by atoms with Crippen molar-refractivity contribution in [3.05, 3.63) is 54.6 Å². The normalized spacial score (nSPS) is 11.0. The van der Waals surface area contributed by atoms with Gasteiger partial charge < -0.3 is 10.2 Å². The van der Waals surface area contributed by atoms with Crippen LogP contribution in [0, 0.1) is 5.92 Å². The summed E-state index contributed by atoms with van der Waals surface area (Å²) in [6.45, 7) is 5.41. The highest BCUT2D eigenvalue weighted by molar-refractivity contribution is 6.01. The number of hydrogen-bond donors (Lipinski definition) is 1. The van der Waals surface area contributed by atoms with E-state index in [1.165, 1.54) is 0 Å². The molecule has 0 atom stereocenters. The van der Waals surface area contributed by atoms with Gasteiger partial charge in [-0.3, -0.25) is 9.67 Å². The SMILES string of the molecule is CC(C)CN(Cc1cnn(C)c1)C(=O)Nc1cccc2cnccc12. The largest absolute Gasteiger partial charge is 0.322 e. The molecule has 2 aromatic heterocycles.